The molecule has 0 unspecified atom stereocenters. The number of amides is 1. The number of ether oxygens (including phenoxy) is 1. The van der Waals surface area contributed by atoms with Crippen LogP contribution in [0.5, 0.6) is 0 Å². The summed E-state index contributed by atoms with van der Waals surface area (Å²) in [6, 6.07) is 0. The number of terminal acetylenes is 1. The van der Waals surface area contributed by atoms with Crippen LogP contribution in [0.25, 0.3) is 0 Å². The molecule has 1 amide bonds. The van der Waals surface area contributed by atoms with E-state index < -0.39 is 12.1 Å². The largest absolute Gasteiger partial charge is 0.412 e. The molecule has 4 heteroatoms. The van der Waals surface area contributed by atoms with Crippen molar-refractivity contribution in [1.29, 1.82) is 0 Å². The number of hydrogen-bond donors (Lipinski definition) is 1. The molecule has 0 aromatic carbocycles. The maximum atomic E-state index is 10.5. The zero-order valence-electron chi connectivity index (χ0n) is 6.00. The Hall–Kier alpha value is -1.50. The Morgan fingerprint density at radius 3 is 2.64 bits per heavy atom. The Bertz CT molecular complexity index is 192. The number of carbonyl (C=O) groups excluding carboxylic acids is 2. The molecule has 0 fully saturated rings. The fourth-order valence-electron chi connectivity index (χ4n) is 0.498. The summed E-state index contributed by atoms with van der Waals surface area (Å²) in [5.41, 5.74) is 4.58. The molecule has 0 aromatic rings. The molecule has 0 rings (SSSR count). The zero-order chi connectivity index (χ0) is 8.69. The highest BCUT2D eigenvalue weighted by molar-refractivity contribution is 5.83. The predicted octanol–water partition coefficient (Wildman–Crippen LogP) is 0.412. The van der Waals surface area contributed by atoms with Crippen LogP contribution >= 0.6 is 0 Å². The Balaban J connectivity index is 3.39. The van der Waals surface area contributed by atoms with Crippen LogP contribution in [0, 0.1) is 12.3 Å². The van der Waals surface area contributed by atoms with E-state index in [4.69, 9.17) is 6.42 Å². The highest BCUT2D eigenvalue weighted by Crippen LogP contribution is 1.95. The van der Waals surface area contributed by atoms with Gasteiger partial charge in [0.2, 0.25) is 0 Å². The normalized spacial score (nSPS) is 8.27. The topological polar surface area (TPSA) is 69.4 Å². The third kappa shape index (κ3) is 6.38. The van der Waals surface area contributed by atoms with E-state index in [2.05, 4.69) is 16.4 Å². The number of hydrogen-bond acceptors (Lipinski definition) is 3. The van der Waals surface area contributed by atoms with Crippen LogP contribution in [0.2, 0.25) is 0 Å². The minimum atomic E-state index is -1.07. The summed E-state index contributed by atoms with van der Waals surface area (Å²) in [7, 11) is 0. The van der Waals surface area contributed by atoms with Crippen LogP contribution in [0.15, 0.2) is 0 Å². The molecule has 60 valence electrons. The van der Waals surface area contributed by atoms with Gasteiger partial charge in [0, 0.05) is 12.8 Å². The summed E-state index contributed by atoms with van der Waals surface area (Å²) in [6.45, 7) is 0. The summed E-state index contributed by atoms with van der Waals surface area (Å²) >= 11 is 0. The fourth-order valence-corrected chi connectivity index (χ4v) is 0.498. The average molecular weight is 155 g/mol. The number of esters is 1. The van der Waals surface area contributed by atoms with E-state index in [1.54, 1.807) is 0 Å². The number of nitrogens with two attached hydrogens (primary N) is 1. The van der Waals surface area contributed by atoms with Crippen LogP contribution in [0.1, 0.15) is 19.3 Å². The summed E-state index contributed by atoms with van der Waals surface area (Å²) in [6.07, 6.45) is 4.99. The molecule has 0 radical (unpaired) electrons. The first-order chi connectivity index (χ1) is 5.16. The number of carbonyl (C=O) groups is 2. The third-order valence-corrected chi connectivity index (χ3v) is 0.916. The van der Waals surface area contributed by atoms with E-state index in [1.807, 2.05) is 0 Å². The monoisotopic (exact) mass is 155 g/mol. The Morgan fingerprint density at radius 2 is 2.18 bits per heavy atom. The van der Waals surface area contributed by atoms with E-state index in [9.17, 15) is 9.59 Å². The minimum absolute atomic E-state index is 0.132. The lowest BCUT2D eigenvalue weighted by atomic mass is 10.2. The Labute approximate surface area is 64.7 Å². The highest BCUT2D eigenvalue weighted by Gasteiger charge is 2.04. The number of rotatable bonds is 3. The summed E-state index contributed by atoms with van der Waals surface area (Å²) in [5.74, 6) is 1.72. The van der Waals surface area contributed by atoms with Gasteiger partial charge in [-0.05, 0) is 6.42 Å². The van der Waals surface area contributed by atoms with E-state index in [1.165, 1.54) is 0 Å². The molecule has 0 saturated carbocycles. The molecular formula is C7H9NO3. The van der Waals surface area contributed by atoms with Gasteiger partial charge in [0.05, 0.1) is 0 Å². The van der Waals surface area contributed by atoms with Gasteiger partial charge in [-0.15, -0.1) is 12.3 Å². The summed E-state index contributed by atoms with van der Waals surface area (Å²) in [4.78, 5) is 20.5. The molecule has 0 heterocycles. The van der Waals surface area contributed by atoms with Crippen molar-refractivity contribution in [3.05, 3.63) is 0 Å². The molecule has 0 spiro atoms. The minimum Gasteiger partial charge on any atom is -0.376 e. The van der Waals surface area contributed by atoms with E-state index in [-0.39, 0.29) is 6.42 Å². The maximum Gasteiger partial charge on any atom is 0.412 e. The molecule has 0 aliphatic heterocycles. The highest BCUT2D eigenvalue weighted by atomic mass is 16.6. The van der Waals surface area contributed by atoms with Gasteiger partial charge in [-0.3, -0.25) is 4.79 Å². The quantitative estimate of drug-likeness (QED) is 0.278. The molecule has 4 nitrogen and oxygen atoms in total. The lowest BCUT2D eigenvalue weighted by Crippen LogP contribution is -2.17. The molecule has 0 saturated heterocycles. The number of unbranched alkanes of at least 4 members (excludes halogenated alkanes) is 1. The Morgan fingerprint density at radius 1 is 1.55 bits per heavy atom. The lowest BCUT2D eigenvalue weighted by Gasteiger charge is -1.95. The van der Waals surface area contributed by atoms with E-state index >= 15 is 0 Å². The molecule has 0 atom stereocenters. The van der Waals surface area contributed by atoms with Gasteiger partial charge < -0.3 is 10.5 Å². The van der Waals surface area contributed by atoms with Crippen molar-refractivity contribution in [3.8, 4) is 12.3 Å². The van der Waals surface area contributed by atoms with Gasteiger partial charge in [-0.1, -0.05) is 0 Å². The summed E-state index contributed by atoms with van der Waals surface area (Å²) < 4.78 is 4.03. The SMILES string of the molecule is C#CCCCC(=O)OC(N)=O. The average Bonchev–Trinajstić information content (AvgIpc) is 1.86. The molecule has 2 N–H and O–H groups in total. The second-order valence-electron chi connectivity index (χ2n) is 1.85. The second-order valence-corrected chi connectivity index (χ2v) is 1.85. The number of primary amides is 1. The van der Waals surface area contributed by atoms with Crippen LogP contribution < -0.4 is 5.73 Å². The van der Waals surface area contributed by atoms with Crippen molar-refractivity contribution in [1.82, 2.24) is 0 Å². The van der Waals surface area contributed by atoms with Gasteiger partial charge >= 0.3 is 12.1 Å². The molecule has 0 aliphatic carbocycles. The first-order valence-electron chi connectivity index (χ1n) is 3.10. The van der Waals surface area contributed by atoms with Crippen LogP contribution in [0.4, 0.5) is 4.79 Å². The summed E-state index contributed by atoms with van der Waals surface area (Å²) in [5, 5.41) is 0. The van der Waals surface area contributed by atoms with E-state index in [0.29, 0.717) is 12.8 Å². The van der Waals surface area contributed by atoms with Crippen LogP contribution in [-0.4, -0.2) is 12.1 Å². The molecular weight excluding hydrogens is 146 g/mol. The molecule has 0 aromatic heterocycles. The van der Waals surface area contributed by atoms with Crippen molar-refractivity contribution < 1.29 is 14.3 Å². The zero-order valence-corrected chi connectivity index (χ0v) is 6.00. The lowest BCUT2D eigenvalue weighted by molar-refractivity contribution is -0.137. The van der Waals surface area contributed by atoms with Crippen molar-refractivity contribution in [3.63, 3.8) is 0 Å². The van der Waals surface area contributed by atoms with Crippen molar-refractivity contribution in [2.75, 3.05) is 0 Å². The van der Waals surface area contributed by atoms with Gasteiger partial charge in [-0.2, -0.15) is 0 Å². The Kier molecular flexibility index (Phi) is 4.58. The first kappa shape index (κ1) is 9.50. The van der Waals surface area contributed by atoms with Gasteiger partial charge in [0.15, 0.2) is 0 Å². The van der Waals surface area contributed by atoms with Crippen LogP contribution in [-0.2, 0) is 9.53 Å². The predicted molar refractivity (Wildman–Crippen MR) is 38.4 cm³/mol. The maximum absolute atomic E-state index is 10.5. The standard InChI is InChI=1S/C7H9NO3/c1-2-3-4-5-6(9)11-7(8)10/h1H,3-5H2,(H2,8,10). The smallest absolute Gasteiger partial charge is 0.376 e. The van der Waals surface area contributed by atoms with Gasteiger partial charge in [-0.25, -0.2) is 4.79 Å². The van der Waals surface area contributed by atoms with Crippen LogP contribution in [0.3, 0.4) is 0 Å². The third-order valence-electron chi connectivity index (χ3n) is 0.916. The van der Waals surface area contributed by atoms with Crippen molar-refractivity contribution in [2.24, 2.45) is 5.73 Å². The molecule has 0 bridgehead atoms. The molecule has 0 aliphatic rings. The van der Waals surface area contributed by atoms with Gasteiger partial charge in [0.25, 0.3) is 0 Å². The second kappa shape index (κ2) is 5.30. The van der Waals surface area contributed by atoms with Gasteiger partial charge in [0.1, 0.15) is 0 Å². The van der Waals surface area contributed by atoms with E-state index in [0.717, 1.165) is 0 Å². The molecule has 11 heavy (non-hydrogen) atoms. The van der Waals surface area contributed by atoms with Crippen molar-refractivity contribution >= 4 is 12.1 Å². The first-order valence-corrected chi connectivity index (χ1v) is 3.10. The van der Waals surface area contributed by atoms with Crippen molar-refractivity contribution in [2.45, 2.75) is 19.3 Å². The fraction of sp³-hybridized carbons (Fsp3) is 0.429.